The number of amides is 1. The van der Waals surface area contributed by atoms with Crippen molar-refractivity contribution in [1.29, 1.82) is 0 Å². The third kappa shape index (κ3) is 3.89. The van der Waals surface area contributed by atoms with Crippen LogP contribution in [0.25, 0.3) is 0 Å². The van der Waals surface area contributed by atoms with Crippen LogP contribution in [0.2, 0.25) is 0 Å². The quantitative estimate of drug-likeness (QED) is 0.724. The zero-order valence-corrected chi connectivity index (χ0v) is 14.5. The Morgan fingerprint density at radius 1 is 1.21 bits per heavy atom. The van der Waals surface area contributed by atoms with E-state index in [2.05, 4.69) is 22.2 Å². The van der Waals surface area contributed by atoms with Crippen LogP contribution >= 0.6 is 0 Å². The van der Waals surface area contributed by atoms with Crippen molar-refractivity contribution in [1.82, 2.24) is 9.97 Å². The Morgan fingerprint density at radius 2 is 1.88 bits per heavy atom. The normalized spacial score (nSPS) is 12.0. The van der Waals surface area contributed by atoms with Gasteiger partial charge in [0.2, 0.25) is 0 Å². The minimum absolute atomic E-state index is 0.168. The Hall–Kier alpha value is -2.47. The lowest BCUT2D eigenvalue weighted by Gasteiger charge is -2.15. The van der Waals surface area contributed by atoms with Gasteiger partial charge in [-0.25, -0.2) is 9.97 Å². The zero-order valence-electron chi connectivity index (χ0n) is 14.5. The maximum Gasteiger partial charge on any atom is 0.271 e. The molecular formula is C18H25N5O. The van der Waals surface area contributed by atoms with Gasteiger partial charge in [-0.05, 0) is 43.0 Å². The Balaban J connectivity index is 2.43. The fourth-order valence-electron chi connectivity index (χ4n) is 2.53. The molecule has 6 heteroatoms. The summed E-state index contributed by atoms with van der Waals surface area (Å²) in [7, 11) is 0. The van der Waals surface area contributed by atoms with Gasteiger partial charge in [-0.3, -0.25) is 4.79 Å². The fourth-order valence-corrected chi connectivity index (χ4v) is 2.53. The predicted octanol–water partition coefficient (Wildman–Crippen LogP) is 2.51. The van der Waals surface area contributed by atoms with Crippen molar-refractivity contribution in [2.75, 3.05) is 11.9 Å². The molecule has 1 amide bonds. The predicted molar refractivity (Wildman–Crippen MR) is 96.5 cm³/mol. The second-order valence-electron chi connectivity index (χ2n) is 5.77. The van der Waals surface area contributed by atoms with Crippen LogP contribution in [0.1, 0.15) is 54.1 Å². The number of nitrogens with two attached hydrogens (primary N) is 2. The molecule has 0 saturated heterocycles. The number of benzene rings is 1. The first-order valence-electron chi connectivity index (χ1n) is 8.26. The number of nitrogens with one attached hydrogen (secondary N) is 1. The van der Waals surface area contributed by atoms with Gasteiger partial charge in [0, 0.05) is 5.69 Å². The summed E-state index contributed by atoms with van der Waals surface area (Å²) in [6, 6.07) is 7.89. The SMILES string of the molecule is CCc1nc(Nc2cccc([C@H](C)CN)c2)c(C(N)=O)nc1CC. The van der Waals surface area contributed by atoms with Crippen LogP contribution in [0.3, 0.4) is 0 Å². The lowest BCUT2D eigenvalue weighted by Crippen LogP contribution is -2.19. The van der Waals surface area contributed by atoms with Gasteiger partial charge in [-0.1, -0.05) is 32.9 Å². The number of hydrogen-bond acceptors (Lipinski definition) is 5. The van der Waals surface area contributed by atoms with Crippen LogP contribution in [0, 0.1) is 0 Å². The fraction of sp³-hybridized carbons (Fsp3) is 0.389. The summed E-state index contributed by atoms with van der Waals surface area (Å²) in [5.41, 5.74) is 15.0. The molecule has 0 saturated carbocycles. The van der Waals surface area contributed by atoms with E-state index in [1.54, 1.807) is 0 Å². The Morgan fingerprint density at radius 3 is 2.46 bits per heavy atom. The van der Waals surface area contributed by atoms with E-state index >= 15 is 0 Å². The number of rotatable bonds is 7. The summed E-state index contributed by atoms with van der Waals surface area (Å²) in [5.74, 6) is 0.0602. The molecular weight excluding hydrogens is 302 g/mol. The molecule has 0 aliphatic carbocycles. The average Bonchev–Trinajstić information content (AvgIpc) is 2.60. The molecule has 6 nitrogen and oxygen atoms in total. The first-order valence-corrected chi connectivity index (χ1v) is 8.26. The van der Waals surface area contributed by atoms with Gasteiger partial charge in [0.15, 0.2) is 11.5 Å². The Bertz CT molecular complexity index is 729. The summed E-state index contributed by atoms with van der Waals surface area (Å²) < 4.78 is 0. The van der Waals surface area contributed by atoms with Crippen LogP contribution in [-0.4, -0.2) is 22.4 Å². The van der Waals surface area contributed by atoms with Gasteiger partial charge in [0.25, 0.3) is 5.91 Å². The van der Waals surface area contributed by atoms with Crippen molar-refractivity contribution < 1.29 is 4.79 Å². The lowest BCUT2D eigenvalue weighted by molar-refractivity contribution is 0.0996. The standard InChI is InChI=1S/C18H25N5O/c1-4-14-15(5-2)23-18(16(22-14)17(20)24)21-13-8-6-7-12(9-13)11(3)10-19/h6-9,11H,4-5,10,19H2,1-3H3,(H2,20,24)(H,21,23)/t11-/m1/s1. The number of hydrogen-bond donors (Lipinski definition) is 3. The molecule has 0 unspecified atom stereocenters. The van der Waals surface area contributed by atoms with Crippen molar-refractivity contribution in [3.05, 3.63) is 46.9 Å². The molecule has 0 spiro atoms. The molecule has 1 atom stereocenters. The van der Waals surface area contributed by atoms with Gasteiger partial charge in [-0.15, -0.1) is 0 Å². The van der Waals surface area contributed by atoms with E-state index < -0.39 is 5.91 Å². The molecule has 5 N–H and O–H groups in total. The van der Waals surface area contributed by atoms with E-state index in [4.69, 9.17) is 11.5 Å². The van der Waals surface area contributed by atoms with E-state index in [9.17, 15) is 4.79 Å². The van der Waals surface area contributed by atoms with E-state index in [1.165, 1.54) is 0 Å². The van der Waals surface area contributed by atoms with Crippen LogP contribution in [0.15, 0.2) is 24.3 Å². The van der Waals surface area contributed by atoms with E-state index in [1.807, 2.05) is 38.1 Å². The summed E-state index contributed by atoms with van der Waals surface area (Å²) in [6.45, 7) is 6.64. The molecule has 128 valence electrons. The number of carbonyl (C=O) groups excluding carboxylic acids is 1. The van der Waals surface area contributed by atoms with Crippen LogP contribution in [0.4, 0.5) is 11.5 Å². The highest BCUT2D eigenvalue weighted by Gasteiger charge is 2.16. The van der Waals surface area contributed by atoms with E-state index in [-0.39, 0.29) is 11.6 Å². The van der Waals surface area contributed by atoms with Gasteiger partial charge in [0.1, 0.15) is 0 Å². The number of aromatic nitrogens is 2. The molecule has 2 rings (SSSR count). The average molecular weight is 327 g/mol. The molecule has 24 heavy (non-hydrogen) atoms. The minimum atomic E-state index is -0.589. The topological polar surface area (TPSA) is 107 Å². The molecule has 1 heterocycles. The molecule has 0 aliphatic rings. The monoisotopic (exact) mass is 327 g/mol. The highest BCUT2D eigenvalue weighted by Crippen LogP contribution is 2.23. The van der Waals surface area contributed by atoms with Crippen LogP contribution in [0.5, 0.6) is 0 Å². The lowest BCUT2D eigenvalue weighted by atomic mass is 10.0. The van der Waals surface area contributed by atoms with Crippen molar-refractivity contribution in [2.24, 2.45) is 11.5 Å². The highest BCUT2D eigenvalue weighted by atomic mass is 16.1. The van der Waals surface area contributed by atoms with Crippen LogP contribution < -0.4 is 16.8 Å². The van der Waals surface area contributed by atoms with Crippen molar-refractivity contribution in [3.63, 3.8) is 0 Å². The second-order valence-corrected chi connectivity index (χ2v) is 5.77. The summed E-state index contributed by atoms with van der Waals surface area (Å²) in [4.78, 5) is 20.8. The third-order valence-electron chi connectivity index (χ3n) is 4.03. The molecule has 0 fully saturated rings. The Kier molecular flexibility index (Phi) is 5.87. The van der Waals surface area contributed by atoms with Gasteiger partial charge in [-0.2, -0.15) is 0 Å². The summed E-state index contributed by atoms with van der Waals surface area (Å²) in [5, 5.41) is 3.18. The minimum Gasteiger partial charge on any atom is -0.364 e. The van der Waals surface area contributed by atoms with E-state index in [0.717, 1.165) is 29.1 Å². The Labute approximate surface area is 142 Å². The van der Waals surface area contributed by atoms with Crippen molar-refractivity contribution in [2.45, 2.75) is 39.5 Å². The molecule has 0 bridgehead atoms. The van der Waals surface area contributed by atoms with Gasteiger partial charge < -0.3 is 16.8 Å². The molecule has 0 aliphatic heterocycles. The van der Waals surface area contributed by atoms with Gasteiger partial charge >= 0.3 is 0 Å². The van der Waals surface area contributed by atoms with Crippen molar-refractivity contribution >= 4 is 17.4 Å². The smallest absolute Gasteiger partial charge is 0.271 e. The third-order valence-corrected chi connectivity index (χ3v) is 4.03. The van der Waals surface area contributed by atoms with E-state index in [0.29, 0.717) is 18.8 Å². The van der Waals surface area contributed by atoms with Gasteiger partial charge in [0.05, 0.1) is 11.4 Å². The van der Waals surface area contributed by atoms with Crippen molar-refractivity contribution in [3.8, 4) is 0 Å². The molecule has 1 aromatic heterocycles. The molecule has 1 aromatic carbocycles. The maximum atomic E-state index is 11.8. The number of aryl methyl sites for hydroxylation is 2. The summed E-state index contributed by atoms with van der Waals surface area (Å²) in [6.07, 6.45) is 1.45. The highest BCUT2D eigenvalue weighted by molar-refractivity contribution is 5.96. The number of nitrogens with zero attached hydrogens (tertiary/aromatic N) is 2. The first kappa shape index (κ1) is 17.9. The maximum absolute atomic E-state index is 11.8. The number of primary amides is 1. The largest absolute Gasteiger partial charge is 0.364 e. The second kappa shape index (κ2) is 7.88. The molecule has 0 radical (unpaired) electrons. The number of carbonyl (C=O) groups is 1. The molecule has 2 aromatic rings. The van der Waals surface area contributed by atoms with Crippen LogP contribution in [-0.2, 0) is 12.8 Å². The first-order chi connectivity index (χ1) is 11.5. The summed E-state index contributed by atoms with van der Waals surface area (Å²) >= 11 is 0. The number of anilines is 2. The zero-order chi connectivity index (χ0) is 17.7.